The molecule has 2 heteroatoms. The van der Waals surface area contributed by atoms with Crippen LogP contribution in [0.2, 0.25) is 0 Å². The van der Waals surface area contributed by atoms with Crippen LogP contribution in [0.3, 0.4) is 0 Å². The van der Waals surface area contributed by atoms with Crippen LogP contribution in [0.4, 0.5) is 0 Å². The van der Waals surface area contributed by atoms with E-state index in [2.05, 4.69) is 6.92 Å². The molecule has 0 radical (unpaired) electrons. The van der Waals surface area contributed by atoms with Crippen molar-refractivity contribution in [3.63, 3.8) is 0 Å². The maximum Gasteiger partial charge on any atom is 0.105 e. The highest BCUT2D eigenvalue weighted by molar-refractivity contribution is 14.1. The van der Waals surface area contributed by atoms with E-state index in [4.69, 9.17) is 5.11 Å². The fourth-order valence-electron chi connectivity index (χ4n) is 0.238. The maximum atomic E-state index is 8.54. The number of hydrogen-bond donors (Lipinski definition) is 1. The van der Waals surface area contributed by atoms with Gasteiger partial charge in [0, 0.05) is 0 Å². The third-order valence-electron chi connectivity index (χ3n) is 0.527. The summed E-state index contributed by atoms with van der Waals surface area (Å²) >= 11 is 2.00. The molecule has 38 valence electrons. The van der Waals surface area contributed by atoms with Gasteiger partial charge in [0.2, 0.25) is 0 Å². The van der Waals surface area contributed by atoms with Gasteiger partial charge in [-0.25, -0.2) is 0 Å². The first-order chi connectivity index (χ1) is 2.77. The van der Waals surface area contributed by atoms with Gasteiger partial charge in [-0.1, -0.05) is 35.9 Å². The topological polar surface area (TPSA) is 20.2 Å². The molecule has 0 saturated heterocycles. The van der Waals surface area contributed by atoms with Gasteiger partial charge in [-0.2, -0.15) is 0 Å². The highest BCUT2D eigenvalue weighted by Crippen LogP contribution is 2.01. The van der Waals surface area contributed by atoms with Crippen LogP contribution in [-0.4, -0.2) is 9.22 Å². The number of aliphatic hydroxyl groups excluding tert-OH is 1. The fraction of sp³-hybridized carbons (Fsp3) is 1.00. The standard InChI is InChI=1S/C4H9IO/c1-2-3-4(5)6/h4,6H,2-3H2,1H3/t4-/m1/s1. The van der Waals surface area contributed by atoms with E-state index in [1.807, 2.05) is 22.6 Å². The van der Waals surface area contributed by atoms with Gasteiger partial charge in [0.15, 0.2) is 0 Å². The third-order valence-corrected chi connectivity index (χ3v) is 1.15. The van der Waals surface area contributed by atoms with Crippen LogP contribution in [-0.2, 0) is 0 Å². The summed E-state index contributed by atoms with van der Waals surface area (Å²) in [6, 6.07) is 0. The van der Waals surface area contributed by atoms with Gasteiger partial charge < -0.3 is 5.11 Å². The summed E-state index contributed by atoms with van der Waals surface area (Å²) < 4.78 is -0.132. The number of halogens is 1. The molecule has 0 bridgehead atoms. The van der Waals surface area contributed by atoms with Crippen LogP contribution in [0.1, 0.15) is 19.8 Å². The van der Waals surface area contributed by atoms with Crippen LogP contribution >= 0.6 is 22.6 Å². The van der Waals surface area contributed by atoms with E-state index in [0.29, 0.717) is 0 Å². The molecule has 0 aliphatic heterocycles. The smallest absolute Gasteiger partial charge is 0.105 e. The minimum atomic E-state index is -0.132. The average molecular weight is 200 g/mol. The summed E-state index contributed by atoms with van der Waals surface area (Å²) in [4.78, 5) is 0. The minimum Gasteiger partial charge on any atom is -0.383 e. The predicted molar refractivity (Wildman–Crippen MR) is 34.9 cm³/mol. The summed E-state index contributed by atoms with van der Waals surface area (Å²) in [6.45, 7) is 2.06. The summed E-state index contributed by atoms with van der Waals surface area (Å²) in [6.07, 6.45) is 1.99. The van der Waals surface area contributed by atoms with Crippen molar-refractivity contribution in [1.29, 1.82) is 0 Å². The van der Waals surface area contributed by atoms with Gasteiger partial charge in [-0.3, -0.25) is 0 Å². The zero-order chi connectivity index (χ0) is 4.99. The van der Waals surface area contributed by atoms with Crippen molar-refractivity contribution in [3.8, 4) is 0 Å². The number of alkyl halides is 1. The molecular weight excluding hydrogens is 191 g/mol. The molecule has 1 atom stereocenters. The van der Waals surface area contributed by atoms with Crippen LogP contribution in [0.5, 0.6) is 0 Å². The van der Waals surface area contributed by atoms with Gasteiger partial charge in [0.1, 0.15) is 4.11 Å². The molecule has 0 aromatic rings. The number of rotatable bonds is 2. The Morgan fingerprint density at radius 3 is 2.33 bits per heavy atom. The molecule has 0 aliphatic carbocycles. The largest absolute Gasteiger partial charge is 0.383 e. The molecule has 0 unspecified atom stereocenters. The lowest BCUT2D eigenvalue weighted by Crippen LogP contribution is -1.90. The van der Waals surface area contributed by atoms with Gasteiger partial charge in [-0.15, -0.1) is 0 Å². The predicted octanol–water partition coefficient (Wildman–Crippen LogP) is 1.54. The highest BCUT2D eigenvalue weighted by Gasteiger charge is 1.89. The number of hydrogen-bond acceptors (Lipinski definition) is 1. The monoisotopic (exact) mass is 200 g/mol. The molecule has 0 rings (SSSR count). The molecule has 0 fully saturated rings. The molecule has 0 aromatic heterocycles. The first kappa shape index (κ1) is 6.69. The Morgan fingerprint density at radius 1 is 1.83 bits per heavy atom. The van der Waals surface area contributed by atoms with E-state index in [1.165, 1.54) is 0 Å². The molecular formula is C4H9IO. The van der Waals surface area contributed by atoms with Crippen LogP contribution in [0, 0.1) is 0 Å². The third kappa shape index (κ3) is 4.69. The molecule has 0 spiro atoms. The van der Waals surface area contributed by atoms with Crippen molar-refractivity contribution in [1.82, 2.24) is 0 Å². The van der Waals surface area contributed by atoms with Gasteiger partial charge in [0.05, 0.1) is 0 Å². The van der Waals surface area contributed by atoms with Crippen LogP contribution in [0.15, 0.2) is 0 Å². The van der Waals surface area contributed by atoms with Crippen molar-refractivity contribution in [2.45, 2.75) is 23.9 Å². The Labute approximate surface area is 51.9 Å². The van der Waals surface area contributed by atoms with E-state index >= 15 is 0 Å². The zero-order valence-electron chi connectivity index (χ0n) is 3.82. The second kappa shape index (κ2) is 3.87. The first-order valence-electron chi connectivity index (χ1n) is 2.09. The molecule has 1 nitrogen and oxygen atoms in total. The van der Waals surface area contributed by atoms with E-state index in [1.54, 1.807) is 0 Å². The van der Waals surface area contributed by atoms with Gasteiger partial charge in [-0.05, 0) is 6.42 Å². The molecule has 0 aliphatic rings. The molecule has 0 amide bonds. The Balaban J connectivity index is 2.63. The lowest BCUT2D eigenvalue weighted by molar-refractivity contribution is 0.267. The molecule has 0 saturated carbocycles. The van der Waals surface area contributed by atoms with Crippen LogP contribution in [0.25, 0.3) is 0 Å². The molecule has 0 aromatic carbocycles. The minimum absolute atomic E-state index is 0.132. The Bertz CT molecular complexity index is 28.7. The second-order valence-electron chi connectivity index (χ2n) is 1.22. The summed E-state index contributed by atoms with van der Waals surface area (Å²) in [5, 5.41) is 8.54. The van der Waals surface area contributed by atoms with Crippen molar-refractivity contribution < 1.29 is 5.11 Å². The van der Waals surface area contributed by atoms with Crippen molar-refractivity contribution >= 4 is 22.6 Å². The normalized spacial score (nSPS) is 14.5. The van der Waals surface area contributed by atoms with Crippen molar-refractivity contribution in [3.05, 3.63) is 0 Å². The van der Waals surface area contributed by atoms with E-state index in [-0.39, 0.29) is 4.11 Å². The summed E-state index contributed by atoms with van der Waals surface area (Å²) in [7, 11) is 0. The average Bonchev–Trinajstić information content (AvgIpc) is 1.35. The van der Waals surface area contributed by atoms with E-state index < -0.39 is 0 Å². The van der Waals surface area contributed by atoms with Gasteiger partial charge in [0.25, 0.3) is 0 Å². The highest BCUT2D eigenvalue weighted by atomic mass is 127. The van der Waals surface area contributed by atoms with E-state index in [9.17, 15) is 0 Å². The zero-order valence-corrected chi connectivity index (χ0v) is 5.97. The summed E-state index contributed by atoms with van der Waals surface area (Å²) in [5.74, 6) is 0. The molecule has 6 heavy (non-hydrogen) atoms. The molecule has 1 N–H and O–H groups in total. The SMILES string of the molecule is CCC[C@@H](O)I. The lowest BCUT2D eigenvalue weighted by Gasteiger charge is -1.93. The Kier molecular flexibility index (Phi) is 4.31. The quantitative estimate of drug-likeness (QED) is 0.529. The first-order valence-corrected chi connectivity index (χ1v) is 3.34. The fourth-order valence-corrected chi connectivity index (χ4v) is 0.861. The Hall–Kier alpha value is 0.690. The van der Waals surface area contributed by atoms with Crippen molar-refractivity contribution in [2.75, 3.05) is 0 Å². The maximum absolute atomic E-state index is 8.54. The molecule has 0 heterocycles. The van der Waals surface area contributed by atoms with E-state index in [0.717, 1.165) is 12.8 Å². The van der Waals surface area contributed by atoms with Crippen LogP contribution < -0.4 is 0 Å². The second-order valence-corrected chi connectivity index (χ2v) is 2.66. The van der Waals surface area contributed by atoms with Gasteiger partial charge >= 0.3 is 0 Å². The Morgan fingerprint density at radius 2 is 2.33 bits per heavy atom. The number of aliphatic hydroxyl groups is 1. The summed E-state index contributed by atoms with van der Waals surface area (Å²) in [5.41, 5.74) is 0. The van der Waals surface area contributed by atoms with Crippen molar-refractivity contribution in [2.24, 2.45) is 0 Å². The lowest BCUT2D eigenvalue weighted by atomic mass is 10.4.